The van der Waals surface area contributed by atoms with Crippen molar-refractivity contribution in [1.82, 2.24) is 0 Å². The van der Waals surface area contributed by atoms with E-state index in [0.717, 1.165) is 6.07 Å². The number of carboxylic acids is 1. The van der Waals surface area contributed by atoms with Gasteiger partial charge in [0.1, 0.15) is 0 Å². The molecule has 2 rings (SSSR count). The van der Waals surface area contributed by atoms with E-state index < -0.39 is 23.4 Å². The molecule has 3 nitrogen and oxygen atoms in total. The Kier molecular flexibility index (Phi) is 3.98. The van der Waals surface area contributed by atoms with E-state index in [4.69, 9.17) is 10.2 Å². The van der Waals surface area contributed by atoms with Crippen LogP contribution in [0.1, 0.15) is 21.5 Å². The molecule has 0 amide bonds. The van der Waals surface area contributed by atoms with Gasteiger partial charge in [0, 0.05) is 0 Å². The van der Waals surface area contributed by atoms with E-state index in [9.17, 15) is 13.6 Å². The van der Waals surface area contributed by atoms with Crippen molar-refractivity contribution in [3.8, 4) is 5.75 Å². The molecule has 0 saturated heterocycles. The van der Waals surface area contributed by atoms with Crippen molar-refractivity contribution in [2.75, 3.05) is 0 Å². The van der Waals surface area contributed by atoms with E-state index >= 15 is 0 Å². The van der Waals surface area contributed by atoms with Crippen LogP contribution in [-0.2, 0) is 6.42 Å². The fraction of sp³-hybridized carbons (Fsp3) is 0.0667. The molecule has 2 aromatic carbocycles. The largest absolute Gasteiger partial charge is 0.503 e. The minimum absolute atomic E-state index is 0.159. The summed E-state index contributed by atoms with van der Waals surface area (Å²) >= 11 is 0. The lowest BCUT2D eigenvalue weighted by molar-refractivity contribution is 0.0697. The highest BCUT2D eigenvalue weighted by Gasteiger charge is 2.12. The van der Waals surface area contributed by atoms with E-state index in [1.165, 1.54) is 18.2 Å². The van der Waals surface area contributed by atoms with Gasteiger partial charge < -0.3 is 10.2 Å². The second-order valence-corrected chi connectivity index (χ2v) is 4.20. The van der Waals surface area contributed by atoms with Crippen LogP contribution in [0.5, 0.6) is 5.75 Å². The number of hydrogen-bond donors (Lipinski definition) is 2. The summed E-state index contributed by atoms with van der Waals surface area (Å²) in [6.45, 7) is 0. The quantitative estimate of drug-likeness (QED) is 0.902. The summed E-state index contributed by atoms with van der Waals surface area (Å²) in [7, 11) is 0. The minimum atomic E-state index is -1.02. The molecule has 5 heteroatoms. The lowest BCUT2D eigenvalue weighted by atomic mass is 10.0. The molecule has 0 atom stereocenters. The zero-order valence-electron chi connectivity index (χ0n) is 10.3. The molecule has 0 aliphatic carbocycles. The Bertz CT molecular complexity index is 636. The minimum Gasteiger partial charge on any atom is -0.503 e. The smallest absolute Gasteiger partial charge is 0.335 e. The molecule has 20 heavy (non-hydrogen) atoms. The number of aromatic carboxylic acids is 1. The molecular formula is C15H11F2O3. The first kappa shape index (κ1) is 14.0. The van der Waals surface area contributed by atoms with Crippen LogP contribution in [-0.4, -0.2) is 16.2 Å². The SMILES string of the molecule is O=C(O)c1ccc([CH]Cc2ccc(F)c(O)c2F)cc1. The summed E-state index contributed by atoms with van der Waals surface area (Å²) < 4.78 is 26.4. The topological polar surface area (TPSA) is 57.5 Å². The summed E-state index contributed by atoms with van der Waals surface area (Å²) in [6.07, 6.45) is 1.81. The van der Waals surface area contributed by atoms with Crippen LogP contribution >= 0.6 is 0 Å². The summed E-state index contributed by atoms with van der Waals surface area (Å²) in [4.78, 5) is 10.7. The van der Waals surface area contributed by atoms with Crippen LogP contribution in [0.15, 0.2) is 36.4 Å². The third-order valence-corrected chi connectivity index (χ3v) is 2.86. The third kappa shape index (κ3) is 2.93. The number of halogens is 2. The number of carboxylic acid groups (broad SMARTS) is 1. The molecule has 0 bridgehead atoms. The second-order valence-electron chi connectivity index (χ2n) is 4.20. The molecule has 0 aliphatic heterocycles. The molecule has 2 aromatic rings. The van der Waals surface area contributed by atoms with Gasteiger partial charge in [0.05, 0.1) is 5.56 Å². The number of carbonyl (C=O) groups is 1. The number of aromatic hydroxyl groups is 1. The predicted molar refractivity (Wildman–Crippen MR) is 68.5 cm³/mol. The average Bonchev–Trinajstić information content (AvgIpc) is 2.44. The summed E-state index contributed by atoms with van der Waals surface area (Å²) in [5, 5.41) is 17.9. The zero-order valence-corrected chi connectivity index (χ0v) is 10.3. The maximum Gasteiger partial charge on any atom is 0.335 e. The van der Waals surface area contributed by atoms with E-state index in [-0.39, 0.29) is 17.5 Å². The van der Waals surface area contributed by atoms with Crippen LogP contribution in [0.4, 0.5) is 8.78 Å². The Morgan fingerprint density at radius 3 is 2.35 bits per heavy atom. The van der Waals surface area contributed by atoms with Crippen molar-refractivity contribution in [2.45, 2.75) is 6.42 Å². The van der Waals surface area contributed by atoms with E-state index in [2.05, 4.69) is 0 Å². The van der Waals surface area contributed by atoms with Gasteiger partial charge in [-0.2, -0.15) is 0 Å². The zero-order chi connectivity index (χ0) is 14.7. The van der Waals surface area contributed by atoms with Crippen LogP contribution in [0.3, 0.4) is 0 Å². The van der Waals surface area contributed by atoms with Gasteiger partial charge in [-0.15, -0.1) is 0 Å². The third-order valence-electron chi connectivity index (χ3n) is 2.86. The fourth-order valence-electron chi connectivity index (χ4n) is 1.73. The Balaban J connectivity index is 2.09. The highest BCUT2D eigenvalue weighted by Crippen LogP contribution is 2.24. The van der Waals surface area contributed by atoms with Crippen LogP contribution in [0, 0.1) is 18.1 Å². The lowest BCUT2D eigenvalue weighted by Gasteiger charge is -2.06. The Hall–Kier alpha value is -2.43. The Morgan fingerprint density at radius 1 is 1.10 bits per heavy atom. The molecular weight excluding hydrogens is 266 g/mol. The molecule has 0 unspecified atom stereocenters. The van der Waals surface area contributed by atoms with Gasteiger partial charge in [-0.3, -0.25) is 0 Å². The molecule has 0 aromatic heterocycles. The molecule has 2 N–H and O–H groups in total. The molecule has 0 spiro atoms. The fourth-order valence-corrected chi connectivity index (χ4v) is 1.73. The van der Waals surface area contributed by atoms with Crippen LogP contribution < -0.4 is 0 Å². The molecule has 0 aliphatic rings. The Labute approximate surface area is 114 Å². The highest BCUT2D eigenvalue weighted by atomic mass is 19.1. The van der Waals surface area contributed by atoms with Crippen molar-refractivity contribution in [3.05, 3.63) is 71.1 Å². The van der Waals surface area contributed by atoms with Crippen molar-refractivity contribution >= 4 is 5.97 Å². The van der Waals surface area contributed by atoms with Crippen molar-refractivity contribution in [3.63, 3.8) is 0 Å². The second kappa shape index (κ2) is 5.69. The van der Waals surface area contributed by atoms with Gasteiger partial charge in [-0.1, -0.05) is 18.2 Å². The molecule has 1 radical (unpaired) electrons. The molecule has 0 heterocycles. The standard InChI is InChI=1S/C15H11F2O3/c16-12-8-7-10(13(17)14(12)18)4-1-9-2-5-11(6-3-9)15(19)20/h1-3,5-8,18H,4H2,(H,19,20). The summed E-state index contributed by atoms with van der Waals surface area (Å²) in [5.74, 6) is -4.00. The number of phenols is 1. The highest BCUT2D eigenvalue weighted by molar-refractivity contribution is 5.87. The van der Waals surface area contributed by atoms with Gasteiger partial charge >= 0.3 is 5.97 Å². The van der Waals surface area contributed by atoms with Crippen molar-refractivity contribution < 1.29 is 23.8 Å². The van der Waals surface area contributed by atoms with Gasteiger partial charge in [-0.25, -0.2) is 13.6 Å². The summed E-state index contributed by atoms with van der Waals surface area (Å²) in [5.41, 5.74) is 1.03. The van der Waals surface area contributed by atoms with Gasteiger partial charge in [-0.05, 0) is 42.2 Å². The van der Waals surface area contributed by atoms with Crippen LogP contribution in [0.2, 0.25) is 0 Å². The number of hydrogen-bond acceptors (Lipinski definition) is 2. The molecule has 0 fully saturated rings. The van der Waals surface area contributed by atoms with E-state index in [1.807, 2.05) is 0 Å². The van der Waals surface area contributed by atoms with Gasteiger partial charge in [0.25, 0.3) is 0 Å². The average molecular weight is 277 g/mol. The lowest BCUT2D eigenvalue weighted by Crippen LogP contribution is -1.97. The first-order chi connectivity index (χ1) is 9.49. The Morgan fingerprint density at radius 2 is 1.75 bits per heavy atom. The molecule has 0 saturated carbocycles. The number of benzene rings is 2. The molecule has 103 valence electrons. The predicted octanol–water partition coefficient (Wildman–Crippen LogP) is 3.16. The monoisotopic (exact) mass is 277 g/mol. The summed E-state index contributed by atoms with van der Waals surface area (Å²) in [6, 6.07) is 8.30. The normalized spacial score (nSPS) is 10.5. The first-order valence-electron chi connectivity index (χ1n) is 5.81. The van der Waals surface area contributed by atoms with Gasteiger partial charge in [0.2, 0.25) is 0 Å². The van der Waals surface area contributed by atoms with E-state index in [1.54, 1.807) is 18.6 Å². The maximum absolute atomic E-state index is 13.5. The van der Waals surface area contributed by atoms with E-state index in [0.29, 0.717) is 5.56 Å². The number of phenolic OH excluding ortho intramolecular Hbond substituents is 1. The van der Waals surface area contributed by atoms with Crippen molar-refractivity contribution in [1.29, 1.82) is 0 Å². The number of rotatable bonds is 4. The van der Waals surface area contributed by atoms with Gasteiger partial charge in [0.15, 0.2) is 17.4 Å². The van der Waals surface area contributed by atoms with Crippen molar-refractivity contribution in [2.24, 2.45) is 0 Å². The maximum atomic E-state index is 13.5. The van der Waals surface area contributed by atoms with Crippen LogP contribution in [0.25, 0.3) is 0 Å². The first-order valence-corrected chi connectivity index (χ1v) is 5.81.